The lowest BCUT2D eigenvalue weighted by Gasteiger charge is -2.19. The second-order valence-electron chi connectivity index (χ2n) is 5.93. The summed E-state index contributed by atoms with van der Waals surface area (Å²) in [5.74, 6) is -0.0292. The van der Waals surface area contributed by atoms with Crippen LogP contribution in [0.2, 0.25) is 0 Å². The van der Waals surface area contributed by atoms with E-state index in [0.29, 0.717) is 37.7 Å². The number of rotatable bonds is 9. The molecule has 0 bridgehead atoms. The minimum atomic E-state index is -0.456. The molecular formula is C19H27N3O5. The average Bonchev–Trinajstić information content (AvgIpc) is 3.03. The van der Waals surface area contributed by atoms with E-state index in [-0.39, 0.29) is 12.5 Å². The predicted molar refractivity (Wildman–Crippen MR) is 103 cm³/mol. The number of hydrogen-bond donors (Lipinski definition) is 1. The van der Waals surface area contributed by atoms with Gasteiger partial charge in [-0.1, -0.05) is 0 Å². The Morgan fingerprint density at radius 1 is 1.15 bits per heavy atom. The van der Waals surface area contributed by atoms with Gasteiger partial charge in [0.1, 0.15) is 6.61 Å². The molecule has 0 saturated carbocycles. The van der Waals surface area contributed by atoms with Crippen molar-refractivity contribution in [3.05, 3.63) is 24.4 Å². The fourth-order valence-corrected chi connectivity index (χ4v) is 2.67. The Kier molecular flexibility index (Phi) is 7.63. The summed E-state index contributed by atoms with van der Waals surface area (Å²) in [5, 5.41) is 3.60. The van der Waals surface area contributed by atoms with Gasteiger partial charge in [0.15, 0.2) is 5.75 Å². The number of benzene rings is 1. The highest BCUT2D eigenvalue weighted by molar-refractivity contribution is 6.05. The van der Waals surface area contributed by atoms with Gasteiger partial charge in [0.2, 0.25) is 5.91 Å². The van der Waals surface area contributed by atoms with Crippen LogP contribution < -0.4 is 10.1 Å². The number of hydrogen-bond acceptors (Lipinski definition) is 5. The Labute approximate surface area is 159 Å². The number of nitrogens with one attached hydrogen (secondary N) is 1. The van der Waals surface area contributed by atoms with Gasteiger partial charge >= 0.3 is 6.09 Å². The number of aryl methyl sites for hydroxylation is 1. The van der Waals surface area contributed by atoms with E-state index in [1.165, 1.54) is 0 Å². The molecule has 0 aliphatic carbocycles. The number of nitrogens with zero attached hydrogens (tertiary/aromatic N) is 2. The quantitative estimate of drug-likeness (QED) is 0.680. The maximum atomic E-state index is 12.3. The topological polar surface area (TPSA) is 82.0 Å². The van der Waals surface area contributed by atoms with Crippen LogP contribution in [0.5, 0.6) is 5.75 Å². The number of amides is 2. The third-order valence-corrected chi connectivity index (χ3v) is 4.18. The lowest BCUT2D eigenvalue weighted by Crippen LogP contribution is -2.33. The molecule has 0 spiro atoms. The third-order valence-electron chi connectivity index (χ3n) is 4.18. The molecule has 0 aliphatic heterocycles. The second-order valence-corrected chi connectivity index (χ2v) is 5.93. The Morgan fingerprint density at radius 2 is 1.89 bits per heavy atom. The van der Waals surface area contributed by atoms with Gasteiger partial charge in [-0.25, -0.2) is 4.79 Å². The Bertz CT molecular complexity index is 783. The number of carbonyl (C=O) groups is 2. The number of fused-ring (bicyclic) bond motifs is 1. The van der Waals surface area contributed by atoms with Gasteiger partial charge in [-0.3, -0.25) is 4.79 Å². The number of methoxy groups -OCH3 is 1. The summed E-state index contributed by atoms with van der Waals surface area (Å²) in [4.78, 5) is 26.2. The molecule has 2 amide bonds. The molecule has 2 aromatic rings. The smallest absolute Gasteiger partial charge is 0.408 e. The first-order chi connectivity index (χ1) is 13.0. The minimum Gasteiger partial charge on any atom is -0.408 e. The zero-order valence-corrected chi connectivity index (χ0v) is 16.3. The molecule has 0 radical (unpaired) electrons. The van der Waals surface area contributed by atoms with Crippen LogP contribution in [0.25, 0.3) is 10.9 Å². The first-order valence-electron chi connectivity index (χ1n) is 8.93. The van der Waals surface area contributed by atoms with Crippen molar-refractivity contribution in [3.63, 3.8) is 0 Å². The van der Waals surface area contributed by atoms with Crippen LogP contribution in [0, 0.1) is 0 Å². The van der Waals surface area contributed by atoms with Crippen molar-refractivity contribution in [1.82, 2.24) is 9.47 Å². The number of anilines is 1. The zero-order valence-electron chi connectivity index (χ0n) is 16.3. The summed E-state index contributed by atoms with van der Waals surface area (Å²) in [5.41, 5.74) is 1.36. The zero-order chi connectivity index (χ0) is 19.8. The number of carbonyl (C=O) groups excluding carboxylic acids is 2. The van der Waals surface area contributed by atoms with E-state index in [2.05, 4.69) is 5.32 Å². The first-order valence-corrected chi connectivity index (χ1v) is 8.93. The van der Waals surface area contributed by atoms with Crippen molar-refractivity contribution < 1.29 is 23.8 Å². The molecule has 8 nitrogen and oxygen atoms in total. The standard InChI is InChI=1S/C19H27N3O5/c1-5-22(6-2)19(24)27-16-8-7-15-14(9-10-21(15)3)18(16)20-17(23)13-26-12-11-25-4/h7-10H,5-6,11-13H2,1-4H3,(H,20,23). The fraction of sp³-hybridized carbons (Fsp3) is 0.474. The molecule has 27 heavy (non-hydrogen) atoms. The molecule has 0 atom stereocenters. The maximum Gasteiger partial charge on any atom is 0.415 e. The van der Waals surface area contributed by atoms with Crippen LogP contribution >= 0.6 is 0 Å². The molecule has 0 fully saturated rings. The van der Waals surface area contributed by atoms with E-state index >= 15 is 0 Å². The average molecular weight is 377 g/mol. The minimum absolute atomic E-state index is 0.115. The van der Waals surface area contributed by atoms with Crippen molar-refractivity contribution >= 4 is 28.6 Å². The fourth-order valence-electron chi connectivity index (χ4n) is 2.67. The molecule has 8 heteroatoms. The van der Waals surface area contributed by atoms with Gasteiger partial charge in [0.05, 0.1) is 24.4 Å². The largest absolute Gasteiger partial charge is 0.415 e. The summed E-state index contributed by atoms with van der Waals surface area (Å²) in [6.07, 6.45) is 1.42. The van der Waals surface area contributed by atoms with Crippen LogP contribution in [0.4, 0.5) is 10.5 Å². The summed E-state index contributed by atoms with van der Waals surface area (Å²) in [6, 6.07) is 5.40. The van der Waals surface area contributed by atoms with Gasteiger partial charge < -0.3 is 29.0 Å². The van der Waals surface area contributed by atoms with Crippen molar-refractivity contribution in [2.45, 2.75) is 13.8 Å². The van der Waals surface area contributed by atoms with Crippen LogP contribution in [0.1, 0.15) is 13.8 Å². The van der Waals surface area contributed by atoms with Crippen LogP contribution in [0.3, 0.4) is 0 Å². The SMILES string of the molecule is CCN(CC)C(=O)Oc1ccc2c(ccn2C)c1NC(=O)COCCOC. The molecule has 0 saturated heterocycles. The lowest BCUT2D eigenvalue weighted by atomic mass is 10.2. The van der Waals surface area contributed by atoms with Gasteiger partial charge in [-0.05, 0) is 32.0 Å². The van der Waals surface area contributed by atoms with Gasteiger partial charge in [-0.2, -0.15) is 0 Å². The summed E-state index contributed by atoms with van der Waals surface area (Å²) < 4.78 is 17.6. The highest BCUT2D eigenvalue weighted by atomic mass is 16.6. The molecule has 0 aliphatic rings. The van der Waals surface area contributed by atoms with Crippen LogP contribution in [-0.2, 0) is 21.3 Å². The van der Waals surface area contributed by atoms with Crippen molar-refractivity contribution in [1.29, 1.82) is 0 Å². The molecule has 148 valence electrons. The molecule has 0 unspecified atom stereocenters. The van der Waals surface area contributed by atoms with Gasteiger partial charge in [0, 0.05) is 38.8 Å². The lowest BCUT2D eigenvalue weighted by molar-refractivity contribution is -0.121. The summed E-state index contributed by atoms with van der Waals surface area (Å²) in [7, 11) is 3.47. The predicted octanol–water partition coefficient (Wildman–Crippen LogP) is 2.62. The summed E-state index contributed by atoms with van der Waals surface area (Å²) >= 11 is 0. The number of aromatic nitrogens is 1. The van der Waals surface area contributed by atoms with Gasteiger partial charge in [0.25, 0.3) is 0 Å². The van der Waals surface area contributed by atoms with E-state index in [1.807, 2.05) is 43.8 Å². The molecule has 1 aromatic heterocycles. The molecule has 1 N–H and O–H groups in total. The highest BCUT2D eigenvalue weighted by Crippen LogP contribution is 2.34. The van der Waals surface area contributed by atoms with E-state index in [1.54, 1.807) is 18.1 Å². The monoisotopic (exact) mass is 377 g/mol. The number of ether oxygens (including phenoxy) is 3. The van der Waals surface area contributed by atoms with Gasteiger partial charge in [-0.15, -0.1) is 0 Å². The highest BCUT2D eigenvalue weighted by Gasteiger charge is 2.19. The Hall–Kier alpha value is -2.58. The normalized spacial score (nSPS) is 10.8. The van der Waals surface area contributed by atoms with E-state index in [9.17, 15) is 9.59 Å². The van der Waals surface area contributed by atoms with Crippen LogP contribution in [0.15, 0.2) is 24.4 Å². The molecule has 1 heterocycles. The molecule has 2 rings (SSSR count). The first kappa shape index (κ1) is 20.7. The van der Waals surface area contributed by atoms with E-state index in [4.69, 9.17) is 14.2 Å². The Balaban J connectivity index is 2.24. The second kappa shape index (κ2) is 9.94. The van der Waals surface area contributed by atoms with Crippen molar-refractivity contribution in [2.75, 3.05) is 45.3 Å². The molecular weight excluding hydrogens is 350 g/mol. The summed E-state index contributed by atoms with van der Waals surface area (Å²) in [6.45, 7) is 5.46. The maximum absolute atomic E-state index is 12.3. The molecule has 1 aromatic carbocycles. The van der Waals surface area contributed by atoms with E-state index < -0.39 is 6.09 Å². The van der Waals surface area contributed by atoms with E-state index in [0.717, 1.165) is 10.9 Å². The Morgan fingerprint density at radius 3 is 2.56 bits per heavy atom. The van der Waals surface area contributed by atoms with Crippen molar-refractivity contribution in [2.24, 2.45) is 7.05 Å². The third kappa shape index (κ3) is 5.21. The van der Waals surface area contributed by atoms with Crippen LogP contribution in [-0.4, -0.2) is 61.5 Å². The van der Waals surface area contributed by atoms with Crippen molar-refractivity contribution in [3.8, 4) is 5.75 Å².